The van der Waals surface area contributed by atoms with Crippen molar-refractivity contribution in [2.45, 2.75) is 13.5 Å². The Kier molecular flexibility index (Phi) is 3.33. The van der Waals surface area contributed by atoms with Crippen LogP contribution in [-0.4, -0.2) is 9.67 Å². The number of aromatic nitrogens is 1. The maximum Gasteiger partial charge on any atom is 0.262 e. The predicted molar refractivity (Wildman–Crippen MR) is 94.2 cm³/mol. The molecule has 2 aromatic carbocycles. The van der Waals surface area contributed by atoms with Crippen LogP contribution in [-0.2, 0) is 11.3 Å². The largest absolute Gasteiger partial charge is 0.508 e. The molecule has 1 aliphatic rings. The Bertz CT molecular complexity index is 1150. The van der Waals surface area contributed by atoms with Gasteiger partial charge in [-0.2, -0.15) is 5.26 Å². The van der Waals surface area contributed by atoms with Crippen LogP contribution < -0.4 is 5.56 Å². The molecule has 2 heterocycles. The van der Waals surface area contributed by atoms with Crippen molar-refractivity contribution in [3.63, 3.8) is 0 Å². The Hall–Kier alpha value is -3.52. The molecular weight excluding hydrogens is 316 g/mol. The summed E-state index contributed by atoms with van der Waals surface area (Å²) in [7, 11) is 0. The fourth-order valence-electron chi connectivity index (χ4n) is 3.12. The zero-order valence-electron chi connectivity index (χ0n) is 13.5. The summed E-state index contributed by atoms with van der Waals surface area (Å²) in [6.45, 7) is 2.19. The Morgan fingerprint density at radius 3 is 2.84 bits per heavy atom. The van der Waals surface area contributed by atoms with Gasteiger partial charge in [0.05, 0.1) is 0 Å². The van der Waals surface area contributed by atoms with Gasteiger partial charge < -0.3 is 9.84 Å². The molecule has 0 amide bonds. The zero-order chi connectivity index (χ0) is 17.6. The van der Waals surface area contributed by atoms with E-state index in [0.29, 0.717) is 23.1 Å². The van der Waals surface area contributed by atoms with Crippen LogP contribution in [0.4, 0.5) is 0 Å². The summed E-state index contributed by atoms with van der Waals surface area (Å²) in [6.07, 6.45) is 1.69. The van der Waals surface area contributed by atoms with Gasteiger partial charge in [0.25, 0.3) is 5.56 Å². The average Bonchev–Trinajstić information content (AvgIpc) is 2.62. The van der Waals surface area contributed by atoms with Gasteiger partial charge in [-0.1, -0.05) is 6.07 Å². The average molecular weight is 330 g/mol. The van der Waals surface area contributed by atoms with E-state index in [4.69, 9.17) is 10.00 Å². The van der Waals surface area contributed by atoms with E-state index >= 15 is 0 Å². The Morgan fingerprint density at radius 1 is 1.20 bits per heavy atom. The number of benzene rings is 2. The van der Waals surface area contributed by atoms with E-state index in [1.165, 1.54) is 6.07 Å². The lowest BCUT2D eigenvalue weighted by atomic mass is 9.97. The monoisotopic (exact) mass is 330 g/mol. The topological polar surface area (TPSA) is 75.2 Å². The second-order valence-corrected chi connectivity index (χ2v) is 5.96. The lowest BCUT2D eigenvalue weighted by Gasteiger charge is -2.20. The molecule has 5 heteroatoms. The minimum Gasteiger partial charge on any atom is -0.508 e. The number of nitrogens with zero attached hydrogens (tertiary/aromatic N) is 2. The first kappa shape index (κ1) is 15.0. The number of rotatable bonds is 1. The maximum absolute atomic E-state index is 12.8. The first-order chi connectivity index (χ1) is 12.1. The smallest absolute Gasteiger partial charge is 0.262 e. The molecule has 0 saturated carbocycles. The van der Waals surface area contributed by atoms with Crippen LogP contribution in [0.2, 0.25) is 0 Å². The number of pyridine rings is 1. The molecule has 0 fully saturated rings. The van der Waals surface area contributed by atoms with Crippen molar-refractivity contribution in [1.82, 2.24) is 4.57 Å². The van der Waals surface area contributed by atoms with Crippen LogP contribution in [0.1, 0.15) is 18.1 Å². The Balaban J connectivity index is 1.92. The van der Waals surface area contributed by atoms with Gasteiger partial charge in [-0.05, 0) is 59.8 Å². The number of hydrogen-bond acceptors (Lipinski definition) is 4. The third-order valence-electron chi connectivity index (χ3n) is 4.48. The summed E-state index contributed by atoms with van der Waals surface area (Å²) < 4.78 is 6.99. The van der Waals surface area contributed by atoms with E-state index in [-0.39, 0.29) is 11.3 Å². The molecule has 5 nitrogen and oxygen atoms in total. The summed E-state index contributed by atoms with van der Waals surface area (Å²) in [5.74, 6) is 0.439. The fraction of sp³-hybridized carbons (Fsp3) is 0.100. The van der Waals surface area contributed by atoms with Crippen LogP contribution in [0.5, 0.6) is 5.75 Å². The molecule has 122 valence electrons. The lowest BCUT2D eigenvalue weighted by Crippen LogP contribution is -2.18. The molecule has 1 aliphatic heterocycles. The highest BCUT2D eigenvalue weighted by Crippen LogP contribution is 2.30. The number of ether oxygens (including phenoxy) is 1. The van der Waals surface area contributed by atoms with Crippen molar-refractivity contribution in [1.29, 1.82) is 5.26 Å². The van der Waals surface area contributed by atoms with Gasteiger partial charge in [-0.15, -0.1) is 0 Å². The standard InChI is InChI=1S/C20H14N2O3/c1-12-18-9-15(3-2-14(18)11-25-19(12)10-21)22-7-6-13-8-16(23)4-5-17(13)20(22)24/h2-9,23H,11H2,1H3. The number of aromatic hydroxyl groups is 1. The molecule has 1 aromatic heterocycles. The quantitative estimate of drug-likeness (QED) is 0.741. The molecule has 1 N–H and O–H groups in total. The fourth-order valence-corrected chi connectivity index (χ4v) is 3.12. The second-order valence-electron chi connectivity index (χ2n) is 5.96. The van der Waals surface area contributed by atoms with Gasteiger partial charge in [0, 0.05) is 22.8 Å². The van der Waals surface area contributed by atoms with E-state index in [1.54, 1.807) is 29.0 Å². The van der Waals surface area contributed by atoms with E-state index in [0.717, 1.165) is 22.4 Å². The highest BCUT2D eigenvalue weighted by molar-refractivity contribution is 5.83. The van der Waals surface area contributed by atoms with E-state index in [9.17, 15) is 9.90 Å². The number of phenols is 1. The zero-order valence-corrected chi connectivity index (χ0v) is 13.5. The third kappa shape index (κ3) is 2.36. The van der Waals surface area contributed by atoms with Crippen molar-refractivity contribution in [3.8, 4) is 17.5 Å². The summed E-state index contributed by atoms with van der Waals surface area (Å²) in [6, 6.07) is 14.2. The van der Waals surface area contributed by atoms with Gasteiger partial charge in [-0.3, -0.25) is 9.36 Å². The van der Waals surface area contributed by atoms with Crippen molar-refractivity contribution >= 4 is 16.3 Å². The van der Waals surface area contributed by atoms with Gasteiger partial charge in [0.1, 0.15) is 18.4 Å². The molecule has 0 unspecified atom stereocenters. The minimum absolute atomic E-state index is 0.128. The maximum atomic E-state index is 12.8. The molecule has 0 bridgehead atoms. The van der Waals surface area contributed by atoms with Gasteiger partial charge in [0.15, 0.2) is 0 Å². The predicted octanol–water partition coefficient (Wildman–Crippen LogP) is 3.48. The minimum atomic E-state index is -0.161. The SMILES string of the molecule is CC1=C(C#N)OCc2ccc(-n3ccc4cc(O)ccc4c3=O)cc21. The van der Waals surface area contributed by atoms with Crippen LogP contribution in [0.15, 0.2) is 59.2 Å². The first-order valence-electron chi connectivity index (χ1n) is 7.80. The molecule has 0 radical (unpaired) electrons. The van der Waals surface area contributed by atoms with Gasteiger partial charge in [0.2, 0.25) is 5.76 Å². The highest BCUT2D eigenvalue weighted by atomic mass is 16.5. The van der Waals surface area contributed by atoms with Gasteiger partial charge >= 0.3 is 0 Å². The van der Waals surface area contributed by atoms with Crippen LogP contribution in [0.3, 0.4) is 0 Å². The van der Waals surface area contributed by atoms with Crippen LogP contribution in [0.25, 0.3) is 22.0 Å². The summed E-state index contributed by atoms with van der Waals surface area (Å²) in [4.78, 5) is 12.8. The number of phenolic OH excluding ortho intramolecular Hbond substituents is 1. The lowest BCUT2D eigenvalue weighted by molar-refractivity contribution is 0.210. The molecule has 25 heavy (non-hydrogen) atoms. The number of nitriles is 1. The van der Waals surface area contributed by atoms with Crippen molar-refractivity contribution in [3.05, 3.63) is 75.9 Å². The first-order valence-corrected chi connectivity index (χ1v) is 7.80. The Morgan fingerprint density at radius 2 is 2.04 bits per heavy atom. The molecule has 0 aliphatic carbocycles. The molecular formula is C20H14N2O3. The van der Waals surface area contributed by atoms with Crippen LogP contribution >= 0.6 is 0 Å². The number of allylic oxidation sites excluding steroid dienone is 2. The summed E-state index contributed by atoms with van der Waals surface area (Å²) in [5.41, 5.74) is 3.23. The molecule has 0 spiro atoms. The second kappa shape index (κ2) is 5.53. The Labute approximate surface area is 143 Å². The number of hydrogen-bond donors (Lipinski definition) is 1. The van der Waals surface area contributed by atoms with E-state index < -0.39 is 0 Å². The normalized spacial score (nSPS) is 13.3. The van der Waals surface area contributed by atoms with Crippen LogP contribution in [0, 0.1) is 11.3 Å². The molecule has 3 aromatic rings. The molecule has 0 saturated heterocycles. The van der Waals surface area contributed by atoms with Gasteiger partial charge in [-0.25, -0.2) is 0 Å². The summed E-state index contributed by atoms with van der Waals surface area (Å²) in [5, 5.41) is 19.9. The third-order valence-corrected chi connectivity index (χ3v) is 4.48. The summed E-state index contributed by atoms with van der Waals surface area (Å²) >= 11 is 0. The molecule has 0 atom stereocenters. The number of fused-ring (bicyclic) bond motifs is 2. The highest BCUT2D eigenvalue weighted by Gasteiger charge is 2.18. The van der Waals surface area contributed by atoms with E-state index in [2.05, 4.69) is 6.07 Å². The van der Waals surface area contributed by atoms with Crippen molar-refractivity contribution < 1.29 is 9.84 Å². The van der Waals surface area contributed by atoms with Crippen molar-refractivity contribution in [2.24, 2.45) is 0 Å². The van der Waals surface area contributed by atoms with E-state index in [1.807, 2.05) is 25.1 Å². The molecule has 4 rings (SSSR count). The van der Waals surface area contributed by atoms with Crippen molar-refractivity contribution in [2.75, 3.05) is 0 Å².